The lowest BCUT2D eigenvalue weighted by atomic mass is 10.1. The summed E-state index contributed by atoms with van der Waals surface area (Å²) >= 11 is 0. The molecule has 0 unspecified atom stereocenters. The number of carbonyl (C=O) groups excluding carboxylic acids is 1. The molecule has 6 rings (SSSR count). The first-order chi connectivity index (χ1) is 14.7. The van der Waals surface area contributed by atoms with Crippen molar-refractivity contribution in [2.24, 2.45) is 0 Å². The fraction of sp³-hybridized carbons (Fsp3) is 0.143. The van der Waals surface area contributed by atoms with Gasteiger partial charge in [0.25, 0.3) is 5.91 Å². The molecule has 1 saturated carbocycles. The summed E-state index contributed by atoms with van der Waals surface area (Å²) in [6.45, 7) is 0. The van der Waals surface area contributed by atoms with E-state index in [0.717, 1.165) is 28.1 Å². The maximum Gasteiger partial charge on any atom is 0.295 e. The van der Waals surface area contributed by atoms with Crippen LogP contribution in [-0.2, 0) is 0 Å². The van der Waals surface area contributed by atoms with Crippen molar-refractivity contribution in [3.05, 3.63) is 59.8 Å². The van der Waals surface area contributed by atoms with Gasteiger partial charge in [-0.05, 0) is 43.2 Å². The Hall–Kier alpha value is -4.14. The summed E-state index contributed by atoms with van der Waals surface area (Å²) in [6.07, 6.45) is 2.40. The highest BCUT2D eigenvalue weighted by Gasteiger charge is 2.26. The van der Waals surface area contributed by atoms with Gasteiger partial charge in [0.2, 0.25) is 5.95 Å². The lowest BCUT2D eigenvalue weighted by molar-refractivity contribution is 0.0969. The smallest absolute Gasteiger partial charge is 0.295 e. The second kappa shape index (κ2) is 6.45. The second-order valence-corrected chi connectivity index (χ2v) is 7.43. The minimum atomic E-state index is -0.268. The topological polar surface area (TPSA) is 122 Å². The van der Waals surface area contributed by atoms with Crippen LogP contribution in [0.2, 0.25) is 0 Å². The number of nitrogens with one attached hydrogen (secondary N) is 4. The largest absolute Gasteiger partial charge is 0.325 e. The van der Waals surface area contributed by atoms with Crippen molar-refractivity contribution in [2.45, 2.75) is 18.8 Å². The number of H-pyrrole nitrogens is 1. The van der Waals surface area contributed by atoms with E-state index in [9.17, 15) is 4.79 Å². The van der Waals surface area contributed by atoms with Crippen LogP contribution in [0.15, 0.2) is 48.5 Å². The molecule has 0 saturated heterocycles. The van der Waals surface area contributed by atoms with Gasteiger partial charge in [-0.1, -0.05) is 12.1 Å². The number of nitrogens with zero attached hydrogens (tertiary/aromatic N) is 4. The van der Waals surface area contributed by atoms with E-state index in [-0.39, 0.29) is 5.91 Å². The molecular weight excluding hydrogens is 380 g/mol. The van der Waals surface area contributed by atoms with Crippen molar-refractivity contribution in [3.8, 4) is 0 Å². The number of fused-ring (bicyclic) bond motifs is 2. The number of hydrogen-bond acceptors (Lipinski definition) is 7. The van der Waals surface area contributed by atoms with Crippen LogP contribution in [0, 0.1) is 0 Å². The van der Waals surface area contributed by atoms with E-state index < -0.39 is 0 Å². The molecule has 0 atom stereocenters. The van der Waals surface area contributed by atoms with Crippen LogP contribution in [0.3, 0.4) is 0 Å². The van der Waals surface area contributed by atoms with Gasteiger partial charge < -0.3 is 10.6 Å². The summed E-state index contributed by atoms with van der Waals surface area (Å²) in [6, 6.07) is 15.2. The summed E-state index contributed by atoms with van der Waals surface area (Å²) in [5.74, 6) is 2.23. The number of carbonyl (C=O) groups is 1. The molecule has 0 spiro atoms. The maximum absolute atomic E-state index is 11.7. The molecule has 2 aromatic carbocycles. The first-order valence-corrected chi connectivity index (χ1v) is 9.74. The molecule has 9 heteroatoms. The summed E-state index contributed by atoms with van der Waals surface area (Å²) in [5.41, 5.74) is 10.3. The maximum atomic E-state index is 11.7. The molecule has 147 valence electrons. The second-order valence-electron chi connectivity index (χ2n) is 7.43. The average Bonchev–Trinajstić information content (AvgIpc) is 3.40. The summed E-state index contributed by atoms with van der Waals surface area (Å²) < 4.78 is 0. The Morgan fingerprint density at radius 3 is 2.80 bits per heavy atom. The van der Waals surface area contributed by atoms with Gasteiger partial charge in [-0.15, -0.1) is 5.43 Å². The predicted octanol–water partition coefficient (Wildman–Crippen LogP) is 3.80. The van der Waals surface area contributed by atoms with Crippen LogP contribution in [0.4, 0.5) is 29.0 Å². The molecular formula is C21H17N8O. The molecule has 3 heterocycles. The molecule has 4 N–H and O–H groups in total. The van der Waals surface area contributed by atoms with Crippen molar-refractivity contribution in [3.63, 3.8) is 0 Å². The van der Waals surface area contributed by atoms with Crippen molar-refractivity contribution in [1.29, 1.82) is 0 Å². The van der Waals surface area contributed by atoms with Gasteiger partial charge in [0.05, 0.1) is 22.5 Å². The highest BCUT2D eigenvalue weighted by molar-refractivity contribution is 6.04. The Labute approximate surface area is 171 Å². The molecule has 9 nitrogen and oxygen atoms in total. The number of rotatable bonds is 5. The summed E-state index contributed by atoms with van der Waals surface area (Å²) in [4.78, 5) is 21.0. The SMILES string of the molecule is O=C1[N]Nc2cc(Nc3nc(Nc4cc(C5CC5)n[nH]4)c4ccccc4n3)ccc21. The Morgan fingerprint density at radius 1 is 1.00 bits per heavy atom. The molecule has 1 aliphatic carbocycles. The van der Waals surface area contributed by atoms with Crippen LogP contribution in [0.1, 0.15) is 34.8 Å². The van der Waals surface area contributed by atoms with Gasteiger partial charge in [0.1, 0.15) is 11.6 Å². The zero-order valence-corrected chi connectivity index (χ0v) is 15.8. The average molecular weight is 397 g/mol. The van der Waals surface area contributed by atoms with E-state index >= 15 is 0 Å². The predicted molar refractivity (Wildman–Crippen MR) is 113 cm³/mol. The molecule has 1 amide bonds. The van der Waals surface area contributed by atoms with Crippen molar-refractivity contribution < 1.29 is 4.79 Å². The van der Waals surface area contributed by atoms with Gasteiger partial charge in [0, 0.05) is 23.1 Å². The third-order valence-corrected chi connectivity index (χ3v) is 5.23. The third-order valence-electron chi connectivity index (χ3n) is 5.23. The fourth-order valence-electron chi connectivity index (χ4n) is 3.55. The van der Waals surface area contributed by atoms with Gasteiger partial charge in [0.15, 0.2) is 0 Å². The highest BCUT2D eigenvalue weighted by atomic mass is 16.2. The Kier molecular flexibility index (Phi) is 3.61. The zero-order valence-electron chi connectivity index (χ0n) is 15.8. The fourth-order valence-corrected chi connectivity index (χ4v) is 3.55. The quantitative estimate of drug-likeness (QED) is 0.404. The third kappa shape index (κ3) is 2.96. The highest BCUT2D eigenvalue weighted by Crippen LogP contribution is 2.40. The number of aromatic amines is 1. The van der Waals surface area contributed by atoms with Crippen molar-refractivity contribution in [1.82, 2.24) is 25.6 Å². The van der Waals surface area contributed by atoms with E-state index in [1.807, 2.05) is 42.5 Å². The standard InChI is InChI=1S/C21H17N8O/c30-20-14-8-7-12(9-17(14)27-29-20)22-21-23-15-4-2-1-3-13(15)19(25-21)24-18-10-16(26-28-18)11-5-6-11/h1-4,7-11,27H,5-6H2,(H3,22,23,24,25,26,28). The number of aromatic nitrogens is 4. The lowest BCUT2D eigenvalue weighted by Gasteiger charge is -2.11. The van der Waals surface area contributed by atoms with Gasteiger partial charge in [-0.2, -0.15) is 10.1 Å². The molecule has 1 aliphatic heterocycles. The van der Waals surface area contributed by atoms with E-state index in [2.05, 4.69) is 41.7 Å². The van der Waals surface area contributed by atoms with E-state index in [0.29, 0.717) is 28.9 Å². The van der Waals surface area contributed by atoms with E-state index in [1.165, 1.54) is 12.8 Å². The van der Waals surface area contributed by atoms with Crippen molar-refractivity contribution in [2.75, 3.05) is 16.1 Å². The molecule has 1 radical (unpaired) electrons. The van der Waals surface area contributed by atoms with Crippen molar-refractivity contribution >= 4 is 45.8 Å². The lowest BCUT2D eigenvalue weighted by Crippen LogP contribution is -2.10. The minimum Gasteiger partial charge on any atom is -0.325 e. The van der Waals surface area contributed by atoms with Crippen LogP contribution < -0.4 is 21.5 Å². The molecule has 30 heavy (non-hydrogen) atoms. The normalized spacial score (nSPS) is 14.9. The Balaban J connectivity index is 1.34. The molecule has 0 bridgehead atoms. The Bertz CT molecular complexity index is 1290. The Morgan fingerprint density at radius 2 is 1.90 bits per heavy atom. The summed E-state index contributed by atoms with van der Waals surface area (Å²) in [7, 11) is 0. The number of hydrogen-bond donors (Lipinski definition) is 4. The van der Waals surface area contributed by atoms with Crippen LogP contribution in [-0.4, -0.2) is 26.1 Å². The molecule has 2 aliphatic rings. The molecule has 2 aromatic heterocycles. The van der Waals surface area contributed by atoms with Crippen LogP contribution in [0.5, 0.6) is 0 Å². The van der Waals surface area contributed by atoms with Gasteiger partial charge >= 0.3 is 0 Å². The molecule has 1 fully saturated rings. The van der Waals surface area contributed by atoms with Crippen LogP contribution in [0.25, 0.3) is 10.9 Å². The number of anilines is 5. The molecule has 4 aromatic rings. The number of amides is 1. The first kappa shape index (κ1) is 16.8. The van der Waals surface area contributed by atoms with Gasteiger partial charge in [-0.3, -0.25) is 15.3 Å². The number of para-hydroxylation sites is 1. The zero-order chi connectivity index (χ0) is 20.1. The van der Waals surface area contributed by atoms with E-state index in [4.69, 9.17) is 0 Å². The first-order valence-electron chi connectivity index (χ1n) is 9.74. The van der Waals surface area contributed by atoms with Gasteiger partial charge in [-0.25, -0.2) is 4.98 Å². The van der Waals surface area contributed by atoms with Crippen LogP contribution >= 0.6 is 0 Å². The number of benzene rings is 2. The monoisotopic (exact) mass is 397 g/mol. The summed E-state index contributed by atoms with van der Waals surface area (Å²) in [5, 5.41) is 14.9. The minimum absolute atomic E-state index is 0.268. The van der Waals surface area contributed by atoms with E-state index in [1.54, 1.807) is 6.07 Å².